The monoisotopic (exact) mass is 401 g/mol. The molecule has 3 rings (SSSR count). The highest BCUT2D eigenvalue weighted by Gasteiger charge is 2.13. The molecule has 0 atom stereocenters. The van der Waals surface area contributed by atoms with Crippen LogP contribution in [-0.4, -0.2) is 10.9 Å². The van der Waals surface area contributed by atoms with Gasteiger partial charge < -0.3 is 10.6 Å². The Balaban J connectivity index is 1.84. The quantitative estimate of drug-likeness (QED) is 0.606. The summed E-state index contributed by atoms with van der Waals surface area (Å²) in [5.41, 5.74) is 1.90. The lowest BCUT2D eigenvalue weighted by atomic mass is 10.2. The Bertz CT molecular complexity index is 885. The van der Waals surface area contributed by atoms with Gasteiger partial charge in [0.15, 0.2) is 0 Å². The number of rotatable bonds is 4. The van der Waals surface area contributed by atoms with E-state index in [1.807, 2.05) is 36.4 Å². The van der Waals surface area contributed by atoms with Crippen molar-refractivity contribution < 1.29 is 4.79 Å². The van der Waals surface area contributed by atoms with Crippen LogP contribution in [0.15, 0.2) is 71.3 Å². The van der Waals surface area contributed by atoms with Crippen molar-refractivity contribution >= 4 is 50.6 Å². The molecule has 2 N–H and O–H groups in total. The van der Waals surface area contributed by atoms with Gasteiger partial charge >= 0.3 is 0 Å². The molecule has 0 radical (unpaired) electrons. The second kappa shape index (κ2) is 7.47. The number of carbonyl (C=O) groups excluding carboxylic acids is 1. The van der Waals surface area contributed by atoms with Crippen molar-refractivity contribution in [2.75, 3.05) is 10.6 Å². The first-order valence-electron chi connectivity index (χ1n) is 7.16. The molecule has 24 heavy (non-hydrogen) atoms. The lowest BCUT2D eigenvalue weighted by Crippen LogP contribution is -2.14. The van der Waals surface area contributed by atoms with E-state index in [1.54, 1.807) is 30.5 Å². The standard InChI is InChI=1S/C18H13BrClN3O/c19-12-4-1-6-14(10-12)23-18(24)16-8-3-9-21-17(16)22-15-7-2-5-13(20)11-15/h1-11H,(H,21,22)(H,23,24). The molecule has 0 saturated carbocycles. The smallest absolute Gasteiger partial charge is 0.259 e. The van der Waals surface area contributed by atoms with Gasteiger partial charge in [-0.2, -0.15) is 0 Å². The highest BCUT2D eigenvalue weighted by molar-refractivity contribution is 9.10. The summed E-state index contributed by atoms with van der Waals surface area (Å²) in [5.74, 6) is 0.220. The third kappa shape index (κ3) is 4.13. The summed E-state index contributed by atoms with van der Waals surface area (Å²) in [6.07, 6.45) is 1.63. The molecule has 2 aromatic carbocycles. The number of nitrogens with one attached hydrogen (secondary N) is 2. The zero-order valence-electron chi connectivity index (χ0n) is 12.5. The normalized spacial score (nSPS) is 10.2. The topological polar surface area (TPSA) is 54.0 Å². The molecule has 0 saturated heterocycles. The molecular weight excluding hydrogens is 390 g/mol. The number of halogens is 2. The van der Waals surface area contributed by atoms with Gasteiger partial charge in [-0.15, -0.1) is 0 Å². The van der Waals surface area contributed by atoms with Crippen molar-refractivity contribution in [3.8, 4) is 0 Å². The molecule has 1 aromatic heterocycles. The average molecular weight is 403 g/mol. The number of aromatic nitrogens is 1. The maximum Gasteiger partial charge on any atom is 0.259 e. The number of hydrogen-bond donors (Lipinski definition) is 2. The summed E-state index contributed by atoms with van der Waals surface area (Å²) in [6, 6.07) is 18.1. The number of nitrogens with zero attached hydrogens (tertiary/aromatic N) is 1. The van der Waals surface area contributed by atoms with Gasteiger partial charge in [0.2, 0.25) is 0 Å². The number of amides is 1. The third-order valence-corrected chi connectivity index (χ3v) is 3.95. The van der Waals surface area contributed by atoms with Crippen LogP contribution < -0.4 is 10.6 Å². The second-order valence-corrected chi connectivity index (χ2v) is 6.35. The van der Waals surface area contributed by atoms with E-state index in [-0.39, 0.29) is 5.91 Å². The Kier molecular flexibility index (Phi) is 5.13. The van der Waals surface area contributed by atoms with Gasteiger partial charge in [-0.05, 0) is 48.5 Å². The van der Waals surface area contributed by atoms with Crippen molar-refractivity contribution in [1.29, 1.82) is 0 Å². The number of carbonyl (C=O) groups is 1. The van der Waals surface area contributed by atoms with Crippen LogP contribution in [0.3, 0.4) is 0 Å². The van der Waals surface area contributed by atoms with E-state index in [4.69, 9.17) is 11.6 Å². The average Bonchev–Trinajstić information content (AvgIpc) is 2.55. The molecule has 0 bridgehead atoms. The van der Waals surface area contributed by atoms with Gasteiger partial charge in [-0.3, -0.25) is 4.79 Å². The molecule has 0 spiro atoms. The summed E-state index contributed by atoms with van der Waals surface area (Å²) < 4.78 is 0.892. The Labute approximate surface area is 153 Å². The maximum absolute atomic E-state index is 12.6. The first-order chi connectivity index (χ1) is 11.6. The van der Waals surface area contributed by atoms with Crippen LogP contribution in [0.25, 0.3) is 0 Å². The SMILES string of the molecule is O=C(Nc1cccc(Br)c1)c1cccnc1Nc1cccc(Cl)c1. The summed E-state index contributed by atoms with van der Waals surface area (Å²) in [7, 11) is 0. The molecule has 120 valence electrons. The number of hydrogen-bond acceptors (Lipinski definition) is 3. The van der Waals surface area contributed by atoms with E-state index < -0.39 is 0 Å². The molecule has 0 aliphatic carbocycles. The third-order valence-electron chi connectivity index (χ3n) is 3.22. The first kappa shape index (κ1) is 16.5. The molecule has 3 aromatic rings. The summed E-state index contributed by atoms with van der Waals surface area (Å²) in [5, 5.41) is 6.59. The first-order valence-corrected chi connectivity index (χ1v) is 8.33. The van der Waals surface area contributed by atoms with Crippen LogP contribution in [0.5, 0.6) is 0 Å². The minimum Gasteiger partial charge on any atom is -0.340 e. The van der Waals surface area contributed by atoms with Gasteiger partial charge in [0, 0.05) is 27.1 Å². The molecule has 1 heterocycles. The minimum absolute atomic E-state index is 0.245. The van der Waals surface area contributed by atoms with Crippen molar-refractivity contribution in [3.05, 3.63) is 81.9 Å². The Hall–Kier alpha value is -2.37. The highest BCUT2D eigenvalue weighted by Crippen LogP contribution is 2.23. The second-order valence-electron chi connectivity index (χ2n) is 5.00. The van der Waals surface area contributed by atoms with Crippen LogP contribution in [0.1, 0.15) is 10.4 Å². The molecule has 0 aliphatic heterocycles. The molecule has 0 fully saturated rings. The molecule has 0 unspecified atom stereocenters. The lowest BCUT2D eigenvalue weighted by molar-refractivity contribution is 0.102. The Morgan fingerprint density at radius 2 is 1.79 bits per heavy atom. The van der Waals surface area contributed by atoms with Gasteiger partial charge in [-0.25, -0.2) is 4.98 Å². The van der Waals surface area contributed by atoms with Crippen LogP contribution in [0.2, 0.25) is 5.02 Å². The lowest BCUT2D eigenvalue weighted by Gasteiger charge is -2.11. The van der Waals surface area contributed by atoms with Crippen LogP contribution in [0.4, 0.5) is 17.2 Å². The predicted octanol–water partition coefficient (Wildman–Crippen LogP) is 5.49. The van der Waals surface area contributed by atoms with Crippen LogP contribution in [0, 0.1) is 0 Å². The summed E-state index contributed by atoms with van der Waals surface area (Å²) in [4.78, 5) is 16.8. The van der Waals surface area contributed by atoms with Gasteiger partial charge in [0.25, 0.3) is 5.91 Å². The summed E-state index contributed by atoms with van der Waals surface area (Å²) >= 11 is 9.38. The molecule has 1 amide bonds. The van der Waals surface area contributed by atoms with E-state index >= 15 is 0 Å². The fourth-order valence-electron chi connectivity index (χ4n) is 2.16. The number of anilines is 3. The van der Waals surface area contributed by atoms with E-state index in [2.05, 4.69) is 31.5 Å². The van der Waals surface area contributed by atoms with E-state index in [1.165, 1.54) is 0 Å². The number of benzene rings is 2. The Morgan fingerprint density at radius 3 is 2.58 bits per heavy atom. The van der Waals surface area contributed by atoms with Crippen molar-refractivity contribution in [2.24, 2.45) is 0 Å². The van der Waals surface area contributed by atoms with Crippen LogP contribution in [-0.2, 0) is 0 Å². The predicted molar refractivity (Wildman–Crippen MR) is 101 cm³/mol. The zero-order chi connectivity index (χ0) is 16.9. The fourth-order valence-corrected chi connectivity index (χ4v) is 2.75. The van der Waals surface area contributed by atoms with Crippen molar-refractivity contribution in [2.45, 2.75) is 0 Å². The fraction of sp³-hybridized carbons (Fsp3) is 0. The van der Waals surface area contributed by atoms with E-state index in [9.17, 15) is 4.79 Å². The Morgan fingerprint density at radius 1 is 1.00 bits per heavy atom. The number of pyridine rings is 1. The van der Waals surface area contributed by atoms with Gasteiger partial charge in [0.1, 0.15) is 5.82 Å². The van der Waals surface area contributed by atoms with Crippen molar-refractivity contribution in [3.63, 3.8) is 0 Å². The van der Waals surface area contributed by atoms with Crippen molar-refractivity contribution in [1.82, 2.24) is 4.98 Å². The zero-order valence-corrected chi connectivity index (χ0v) is 14.8. The largest absolute Gasteiger partial charge is 0.340 e. The maximum atomic E-state index is 12.6. The minimum atomic E-state index is -0.245. The highest BCUT2D eigenvalue weighted by atomic mass is 79.9. The molecular formula is C18H13BrClN3O. The van der Waals surface area contributed by atoms with Crippen LogP contribution >= 0.6 is 27.5 Å². The van der Waals surface area contributed by atoms with E-state index in [0.29, 0.717) is 22.1 Å². The molecule has 6 heteroatoms. The summed E-state index contributed by atoms with van der Waals surface area (Å²) in [6.45, 7) is 0. The van der Waals surface area contributed by atoms with Gasteiger partial charge in [-0.1, -0.05) is 39.7 Å². The molecule has 4 nitrogen and oxygen atoms in total. The van der Waals surface area contributed by atoms with Gasteiger partial charge in [0.05, 0.1) is 5.56 Å². The van der Waals surface area contributed by atoms with E-state index in [0.717, 1.165) is 10.2 Å². The molecule has 0 aliphatic rings.